The number of hydrogen-bond donors (Lipinski definition) is 1. The van der Waals surface area contributed by atoms with Crippen LogP contribution in [0.2, 0.25) is 0 Å². The molecule has 0 spiro atoms. The summed E-state index contributed by atoms with van der Waals surface area (Å²) in [6.45, 7) is 1.96. The van der Waals surface area contributed by atoms with Gasteiger partial charge in [-0.2, -0.15) is 0 Å². The molecule has 0 aliphatic heterocycles. The van der Waals surface area contributed by atoms with Crippen LogP contribution in [0.1, 0.15) is 54.4 Å². The summed E-state index contributed by atoms with van der Waals surface area (Å²) in [4.78, 5) is 12.4. The van der Waals surface area contributed by atoms with E-state index in [1.807, 2.05) is 25.1 Å². The Kier molecular flexibility index (Phi) is 3.82. The van der Waals surface area contributed by atoms with E-state index in [-0.39, 0.29) is 5.92 Å². The highest BCUT2D eigenvalue weighted by molar-refractivity contribution is 5.98. The molecule has 92 valence electrons. The number of carbonyl (C=O) groups excluding carboxylic acids is 1. The molecule has 1 aromatic carbocycles. The molecule has 0 amide bonds. The zero-order valence-corrected chi connectivity index (χ0v) is 10.5. The predicted molar refractivity (Wildman–Crippen MR) is 71.1 cm³/mol. The molecule has 0 heterocycles. The van der Waals surface area contributed by atoms with Crippen LogP contribution < -0.4 is 5.73 Å². The summed E-state index contributed by atoms with van der Waals surface area (Å²) in [5, 5.41) is 0. The topological polar surface area (TPSA) is 43.1 Å². The van der Waals surface area contributed by atoms with Gasteiger partial charge in [-0.15, -0.1) is 0 Å². The van der Waals surface area contributed by atoms with Crippen LogP contribution in [-0.2, 0) is 0 Å². The molecule has 0 unspecified atom stereocenters. The van der Waals surface area contributed by atoms with Gasteiger partial charge in [-0.25, -0.2) is 0 Å². The fourth-order valence-electron chi connectivity index (χ4n) is 2.61. The van der Waals surface area contributed by atoms with E-state index in [1.54, 1.807) is 0 Å². The maximum absolute atomic E-state index is 12.4. The Balaban J connectivity index is 2.14. The summed E-state index contributed by atoms with van der Waals surface area (Å²) in [6.07, 6.45) is 7.08. The number of nitrogens with two attached hydrogens (primary N) is 1. The molecule has 2 nitrogen and oxygen atoms in total. The first-order valence-electron chi connectivity index (χ1n) is 6.59. The van der Waals surface area contributed by atoms with Gasteiger partial charge in [-0.3, -0.25) is 4.79 Å². The van der Waals surface area contributed by atoms with Crippen molar-refractivity contribution in [2.24, 2.45) is 5.92 Å². The molecule has 1 fully saturated rings. The molecule has 2 N–H and O–H groups in total. The minimum Gasteiger partial charge on any atom is -0.399 e. The molecule has 0 radical (unpaired) electrons. The van der Waals surface area contributed by atoms with Crippen molar-refractivity contribution in [2.45, 2.75) is 45.4 Å². The van der Waals surface area contributed by atoms with Crippen LogP contribution >= 0.6 is 0 Å². The number of carbonyl (C=O) groups is 1. The highest BCUT2D eigenvalue weighted by atomic mass is 16.1. The number of rotatable bonds is 2. The molecule has 0 saturated heterocycles. The summed E-state index contributed by atoms with van der Waals surface area (Å²) >= 11 is 0. The fourth-order valence-corrected chi connectivity index (χ4v) is 2.61. The normalized spacial score (nSPS) is 17.7. The molecule has 0 atom stereocenters. The Morgan fingerprint density at radius 3 is 2.41 bits per heavy atom. The van der Waals surface area contributed by atoms with Crippen LogP contribution in [-0.4, -0.2) is 5.78 Å². The van der Waals surface area contributed by atoms with Gasteiger partial charge in [-0.05, 0) is 43.5 Å². The number of aryl methyl sites for hydroxylation is 1. The Morgan fingerprint density at radius 1 is 1.18 bits per heavy atom. The maximum Gasteiger partial charge on any atom is 0.165 e. The lowest BCUT2D eigenvalue weighted by molar-refractivity contribution is 0.0908. The lowest BCUT2D eigenvalue weighted by Gasteiger charge is -2.13. The average Bonchev–Trinajstić information content (AvgIpc) is 2.60. The highest BCUT2D eigenvalue weighted by Gasteiger charge is 2.21. The molecule has 0 aromatic heterocycles. The number of ketones is 1. The minimum atomic E-state index is 0.237. The molecular weight excluding hydrogens is 210 g/mol. The van der Waals surface area contributed by atoms with E-state index in [9.17, 15) is 4.79 Å². The minimum absolute atomic E-state index is 0.237. The summed E-state index contributed by atoms with van der Waals surface area (Å²) in [5.74, 6) is 0.551. The first-order chi connectivity index (χ1) is 8.18. The average molecular weight is 231 g/mol. The van der Waals surface area contributed by atoms with Crippen LogP contribution in [0.3, 0.4) is 0 Å². The first kappa shape index (κ1) is 12.2. The van der Waals surface area contributed by atoms with Gasteiger partial charge in [0.2, 0.25) is 0 Å². The zero-order valence-electron chi connectivity index (χ0n) is 10.5. The van der Waals surface area contributed by atoms with E-state index in [0.29, 0.717) is 5.78 Å². The van der Waals surface area contributed by atoms with Gasteiger partial charge < -0.3 is 5.73 Å². The largest absolute Gasteiger partial charge is 0.399 e. The summed E-state index contributed by atoms with van der Waals surface area (Å²) < 4.78 is 0. The first-order valence-corrected chi connectivity index (χ1v) is 6.59. The molecule has 2 rings (SSSR count). The summed E-state index contributed by atoms with van der Waals surface area (Å²) in [7, 11) is 0. The molecule has 1 saturated carbocycles. The van der Waals surface area contributed by atoms with Crippen molar-refractivity contribution >= 4 is 11.5 Å². The second kappa shape index (κ2) is 5.35. The van der Waals surface area contributed by atoms with E-state index < -0.39 is 0 Å². The third-order valence-corrected chi connectivity index (χ3v) is 3.78. The monoisotopic (exact) mass is 231 g/mol. The summed E-state index contributed by atoms with van der Waals surface area (Å²) in [6, 6.07) is 5.65. The van der Waals surface area contributed by atoms with E-state index >= 15 is 0 Å². The molecule has 1 aromatic rings. The van der Waals surface area contributed by atoms with E-state index in [1.165, 1.54) is 25.7 Å². The smallest absolute Gasteiger partial charge is 0.165 e. The van der Waals surface area contributed by atoms with Crippen molar-refractivity contribution in [1.29, 1.82) is 0 Å². The van der Waals surface area contributed by atoms with E-state index in [2.05, 4.69) is 0 Å². The number of nitrogen functional groups attached to an aromatic ring is 1. The molecule has 1 aliphatic rings. The van der Waals surface area contributed by atoms with Crippen molar-refractivity contribution in [3.05, 3.63) is 29.3 Å². The SMILES string of the molecule is Cc1cc(C(=O)C2CCCCCC2)ccc1N. The quantitative estimate of drug-likeness (QED) is 0.479. The van der Waals surface area contributed by atoms with Gasteiger partial charge in [0.25, 0.3) is 0 Å². The predicted octanol–water partition coefficient (Wildman–Crippen LogP) is 3.73. The lowest BCUT2D eigenvalue weighted by Crippen LogP contribution is -2.14. The molecule has 2 heteroatoms. The maximum atomic E-state index is 12.4. The van der Waals surface area contributed by atoms with Gasteiger partial charge in [0.05, 0.1) is 0 Å². The van der Waals surface area contributed by atoms with Crippen molar-refractivity contribution in [3.63, 3.8) is 0 Å². The Bertz CT molecular complexity index is 403. The van der Waals surface area contributed by atoms with Crippen molar-refractivity contribution in [2.75, 3.05) is 5.73 Å². The molecule has 17 heavy (non-hydrogen) atoms. The van der Waals surface area contributed by atoms with Gasteiger partial charge >= 0.3 is 0 Å². The molecular formula is C15H21NO. The van der Waals surface area contributed by atoms with Gasteiger partial charge in [0.1, 0.15) is 0 Å². The third-order valence-electron chi connectivity index (χ3n) is 3.78. The lowest BCUT2D eigenvalue weighted by atomic mass is 9.90. The summed E-state index contributed by atoms with van der Waals surface area (Å²) in [5.41, 5.74) is 8.39. The van der Waals surface area contributed by atoms with Crippen molar-refractivity contribution in [3.8, 4) is 0 Å². The van der Waals surface area contributed by atoms with Crippen LogP contribution in [0.15, 0.2) is 18.2 Å². The Morgan fingerprint density at radius 2 is 1.82 bits per heavy atom. The second-order valence-corrected chi connectivity index (χ2v) is 5.12. The molecule has 0 bridgehead atoms. The number of Topliss-reactive ketones (excluding diaryl/α,β-unsaturated/α-hetero) is 1. The zero-order chi connectivity index (χ0) is 12.3. The van der Waals surface area contributed by atoms with E-state index in [0.717, 1.165) is 29.7 Å². The number of anilines is 1. The standard InChI is InChI=1S/C15H21NO/c1-11-10-13(8-9-14(11)16)15(17)12-6-4-2-3-5-7-12/h8-10,12H,2-7,16H2,1H3. The molecule has 1 aliphatic carbocycles. The van der Waals surface area contributed by atoms with Crippen molar-refractivity contribution < 1.29 is 4.79 Å². The fraction of sp³-hybridized carbons (Fsp3) is 0.533. The third kappa shape index (κ3) is 2.87. The Labute approximate surface area is 103 Å². The van der Waals surface area contributed by atoms with Crippen LogP contribution in [0.5, 0.6) is 0 Å². The highest BCUT2D eigenvalue weighted by Crippen LogP contribution is 2.26. The Hall–Kier alpha value is -1.31. The van der Waals surface area contributed by atoms with Gasteiger partial charge in [0.15, 0.2) is 5.78 Å². The number of benzene rings is 1. The van der Waals surface area contributed by atoms with E-state index in [4.69, 9.17) is 5.73 Å². The second-order valence-electron chi connectivity index (χ2n) is 5.12. The van der Waals surface area contributed by atoms with Crippen LogP contribution in [0.25, 0.3) is 0 Å². The van der Waals surface area contributed by atoms with Crippen LogP contribution in [0, 0.1) is 12.8 Å². The van der Waals surface area contributed by atoms with Crippen LogP contribution in [0.4, 0.5) is 5.69 Å². The van der Waals surface area contributed by atoms with Gasteiger partial charge in [0, 0.05) is 17.2 Å². The number of hydrogen-bond acceptors (Lipinski definition) is 2. The van der Waals surface area contributed by atoms with Crippen molar-refractivity contribution in [1.82, 2.24) is 0 Å². The van der Waals surface area contributed by atoms with Gasteiger partial charge in [-0.1, -0.05) is 25.7 Å².